The zero-order chi connectivity index (χ0) is 14.1. The number of urea groups is 1. The molecule has 0 aliphatic rings. The number of amides is 2. The van der Waals surface area contributed by atoms with Crippen LogP contribution in [0, 0.1) is 0 Å². The van der Waals surface area contributed by atoms with Crippen LogP contribution in [-0.4, -0.2) is 24.4 Å². The fourth-order valence-electron chi connectivity index (χ4n) is 1.59. The van der Waals surface area contributed by atoms with Crippen molar-refractivity contribution in [3.63, 3.8) is 0 Å². The van der Waals surface area contributed by atoms with Gasteiger partial charge in [0.2, 0.25) is 0 Å². The third-order valence-corrected chi connectivity index (χ3v) is 4.06. The van der Waals surface area contributed by atoms with Gasteiger partial charge in [0.1, 0.15) is 0 Å². The highest BCUT2D eigenvalue weighted by Gasteiger charge is 2.06. The third kappa shape index (κ3) is 6.73. The number of benzene rings is 1. The Balaban J connectivity index is 2.16. The minimum Gasteiger partial charge on any atom is -0.337 e. The highest BCUT2D eigenvalue weighted by Crippen LogP contribution is 2.19. The molecule has 0 aromatic heterocycles. The highest BCUT2D eigenvalue weighted by atomic mass is 35.5. The first kappa shape index (κ1) is 16.2. The summed E-state index contributed by atoms with van der Waals surface area (Å²) in [6.07, 6.45) is 1.92. The number of rotatable bonds is 7. The highest BCUT2D eigenvalue weighted by molar-refractivity contribution is 7.99. The van der Waals surface area contributed by atoms with Gasteiger partial charge in [0.15, 0.2) is 0 Å². The van der Waals surface area contributed by atoms with Gasteiger partial charge in [-0.25, -0.2) is 4.79 Å². The molecule has 0 saturated heterocycles. The lowest BCUT2D eigenvalue weighted by molar-refractivity contribution is 0.237. The van der Waals surface area contributed by atoms with Gasteiger partial charge < -0.3 is 10.6 Å². The number of carbonyl (C=O) groups excluding carboxylic acids is 1. The van der Waals surface area contributed by atoms with Gasteiger partial charge >= 0.3 is 6.03 Å². The SMILES string of the molecule is CCC(CC)NC(=O)NCCSc1ccc(Cl)cc1. The lowest BCUT2D eigenvalue weighted by Crippen LogP contribution is -2.42. The van der Waals surface area contributed by atoms with E-state index in [9.17, 15) is 4.79 Å². The van der Waals surface area contributed by atoms with Crippen LogP contribution >= 0.6 is 23.4 Å². The van der Waals surface area contributed by atoms with E-state index in [1.165, 1.54) is 0 Å². The predicted octanol–water partition coefficient (Wildman–Crippen LogP) is 3.92. The van der Waals surface area contributed by atoms with Crippen LogP contribution in [-0.2, 0) is 0 Å². The standard InChI is InChI=1S/C14H21ClN2OS/c1-3-12(4-2)17-14(18)16-9-10-19-13-7-5-11(15)6-8-13/h5-8,12H,3-4,9-10H2,1-2H3,(H2,16,17,18). The van der Waals surface area contributed by atoms with E-state index < -0.39 is 0 Å². The van der Waals surface area contributed by atoms with Crippen LogP contribution < -0.4 is 10.6 Å². The Hall–Kier alpha value is -0.870. The Kier molecular flexibility index (Phi) is 7.75. The number of halogens is 1. The maximum absolute atomic E-state index is 11.6. The van der Waals surface area contributed by atoms with E-state index >= 15 is 0 Å². The Labute approximate surface area is 124 Å². The molecule has 0 atom stereocenters. The molecular formula is C14H21ClN2OS. The van der Waals surface area contributed by atoms with E-state index in [0.717, 1.165) is 28.5 Å². The molecule has 2 amide bonds. The molecule has 19 heavy (non-hydrogen) atoms. The van der Waals surface area contributed by atoms with Crippen LogP contribution in [0.3, 0.4) is 0 Å². The van der Waals surface area contributed by atoms with E-state index in [1.807, 2.05) is 24.3 Å². The van der Waals surface area contributed by atoms with Crippen LogP contribution in [0.2, 0.25) is 5.02 Å². The molecule has 0 aliphatic heterocycles. The molecule has 0 spiro atoms. The van der Waals surface area contributed by atoms with Crippen molar-refractivity contribution in [1.29, 1.82) is 0 Å². The number of nitrogens with one attached hydrogen (secondary N) is 2. The number of hydrogen-bond acceptors (Lipinski definition) is 2. The van der Waals surface area contributed by atoms with Crippen molar-refractivity contribution in [3.05, 3.63) is 29.3 Å². The smallest absolute Gasteiger partial charge is 0.315 e. The van der Waals surface area contributed by atoms with Gasteiger partial charge in [0.05, 0.1) is 0 Å². The summed E-state index contributed by atoms with van der Waals surface area (Å²) in [6, 6.07) is 7.90. The first-order valence-electron chi connectivity index (χ1n) is 6.58. The second-order valence-electron chi connectivity index (χ2n) is 4.22. The molecule has 1 rings (SSSR count). The number of thioether (sulfide) groups is 1. The third-order valence-electron chi connectivity index (χ3n) is 2.79. The zero-order valence-electron chi connectivity index (χ0n) is 11.4. The minimum atomic E-state index is -0.0783. The van der Waals surface area contributed by atoms with Crippen molar-refractivity contribution in [2.24, 2.45) is 0 Å². The quantitative estimate of drug-likeness (QED) is 0.592. The molecule has 2 N–H and O–H groups in total. The summed E-state index contributed by atoms with van der Waals surface area (Å²) < 4.78 is 0. The summed E-state index contributed by atoms with van der Waals surface area (Å²) in [6.45, 7) is 4.80. The molecule has 5 heteroatoms. The lowest BCUT2D eigenvalue weighted by Gasteiger charge is -2.15. The minimum absolute atomic E-state index is 0.0783. The fraction of sp³-hybridized carbons (Fsp3) is 0.500. The average molecular weight is 301 g/mol. The van der Waals surface area contributed by atoms with Crippen molar-refractivity contribution in [3.8, 4) is 0 Å². The van der Waals surface area contributed by atoms with E-state index in [1.54, 1.807) is 11.8 Å². The summed E-state index contributed by atoms with van der Waals surface area (Å²) in [5.74, 6) is 0.845. The zero-order valence-corrected chi connectivity index (χ0v) is 13.0. The van der Waals surface area contributed by atoms with Crippen LogP contribution in [0.25, 0.3) is 0 Å². The summed E-state index contributed by atoms with van der Waals surface area (Å²) in [5.41, 5.74) is 0. The maximum Gasteiger partial charge on any atom is 0.315 e. The Morgan fingerprint density at radius 3 is 2.47 bits per heavy atom. The first-order chi connectivity index (χ1) is 9.15. The molecule has 0 bridgehead atoms. The van der Waals surface area contributed by atoms with Crippen molar-refractivity contribution >= 4 is 29.4 Å². The van der Waals surface area contributed by atoms with Gasteiger partial charge in [0, 0.05) is 28.3 Å². The molecule has 0 heterocycles. The topological polar surface area (TPSA) is 41.1 Å². The molecular weight excluding hydrogens is 280 g/mol. The van der Waals surface area contributed by atoms with E-state index in [0.29, 0.717) is 6.54 Å². The first-order valence-corrected chi connectivity index (χ1v) is 7.94. The van der Waals surface area contributed by atoms with Crippen LogP contribution in [0.15, 0.2) is 29.2 Å². The lowest BCUT2D eigenvalue weighted by atomic mass is 10.2. The van der Waals surface area contributed by atoms with Gasteiger partial charge in [-0.1, -0.05) is 25.4 Å². The largest absolute Gasteiger partial charge is 0.337 e. The Morgan fingerprint density at radius 1 is 1.26 bits per heavy atom. The molecule has 1 aromatic carbocycles. The summed E-state index contributed by atoms with van der Waals surface area (Å²) in [7, 11) is 0. The van der Waals surface area contributed by atoms with Crippen molar-refractivity contribution in [2.75, 3.05) is 12.3 Å². The molecule has 1 aromatic rings. The Morgan fingerprint density at radius 2 is 1.89 bits per heavy atom. The van der Waals surface area contributed by atoms with E-state index in [-0.39, 0.29) is 12.1 Å². The summed E-state index contributed by atoms with van der Waals surface area (Å²) in [5, 5.41) is 6.55. The van der Waals surface area contributed by atoms with E-state index in [4.69, 9.17) is 11.6 Å². The molecule has 0 aliphatic carbocycles. The van der Waals surface area contributed by atoms with Gasteiger partial charge in [-0.15, -0.1) is 11.8 Å². The summed E-state index contributed by atoms with van der Waals surface area (Å²) >= 11 is 7.52. The van der Waals surface area contributed by atoms with Gasteiger partial charge in [-0.3, -0.25) is 0 Å². The number of hydrogen-bond donors (Lipinski definition) is 2. The maximum atomic E-state index is 11.6. The fourth-order valence-corrected chi connectivity index (χ4v) is 2.49. The second kappa shape index (κ2) is 9.10. The second-order valence-corrected chi connectivity index (χ2v) is 5.82. The summed E-state index contributed by atoms with van der Waals surface area (Å²) in [4.78, 5) is 12.7. The molecule has 106 valence electrons. The Bertz CT molecular complexity index is 380. The van der Waals surface area contributed by atoms with E-state index in [2.05, 4.69) is 24.5 Å². The molecule has 0 unspecified atom stereocenters. The molecule has 0 fully saturated rings. The molecule has 0 radical (unpaired) electrons. The molecule has 0 saturated carbocycles. The normalized spacial score (nSPS) is 10.5. The van der Waals surface area contributed by atoms with Crippen molar-refractivity contribution < 1.29 is 4.79 Å². The van der Waals surface area contributed by atoms with Gasteiger partial charge in [0.25, 0.3) is 0 Å². The monoisotopic (exact) mass is 300 g/mol. The van der Waals surface area contributed by atoms with Crippen molar-refractivity contribution in [2.45, 2.75) is 37.6 Å². The van der Waals surface area contributed by atoms with Crippen LogP contribution in [0.4, 0.5) is 4.79 Å². The predicted molar refractivity (Wildman–Crippen MR) is 83.1 cm³/mol. The average Bonchev–Trinajstić information content (AvgIpc) is 2.43. The van der Waals surface area contributed by atoms with Gasteiger partial charge in [-0.2, -0.15) is 0 Å². The van der Waals surface area contributed by atoms with Gasteiger partial charge in [-0.05, 0) is 37.1 Å². The van der Waals surface area contributed by atoms with Crippen LogP contribution in [0.1, 0.15) is 26.7 Å². The number of carbonyl (C=O) groups is 1. The van der Waals surface area contributed by atoms with Crippen LogP contribution in [0.5, 0.6) is 0 Å². The molecule has 3 nitrogen and oxygen atoms in total. The van der Waals surface area contributed by atoms with Crippen molar-refractivity contribution in [1.82, 2.24) is 10.6 Å².